The Labute approximate surface area is 101 Å². The third-order valence-electron chi connectivity index (χ3n) is 1.93. The second-order valence-electron chi connectivity index (χ2n) is 3.19. The van der Waals surface area contributed by atoms with Crippen molar-refractivity contribution < 1.29 is 14.7 Å². The molecule has 1 atom stereocenters. The lowest BCUT2D eigenvalue weighted by atomic mass is 10.2. The molecule has 0 saturated heterocycles. The Kier molecular flexibility index (Phi) is 4.76. The van der Waals surface area contributed by atoms with Crippen LogP contribution in [0.15, 0.2) is 0 Å². The molecule has 0 aliphatic carbocycles. The Morgan fingerprint density at radius 2 is 2.35 bits per heavy atom. The Hall–Kier alpha value is -1.77. The van der Waals surface area contributed by atoms with E-state index in [4.69, 9.17) is 10.8 Å². The van der Waals surface area contributed by atoms with E-state index in [1.165, 1.54) is 11.8 Å². The zero-order valence-electron chi connectivity index (χ0n) is 9.14. The normalized spacial score (nSPS) is 12.1. The van der Waals surface area contributed by atoms with Gasteiger partial charge in [-0.25, -0.2) is 4.79 Å². The second kappa shape index (κ2) is 6.09. The molecule has 0 fully saturated rings. The number of nitrogens with one attached hydrogen (secondary N) is 2. The molecule has 9 heteroatoms. The average molecular weight is 259 g/mol. The van der Waals surface area contributed by atoms with Crippen molar-refractivity contribution in [3.8, 4) is 0 Å². The summed E-state index contributed by atoms with van der Waals surface area (Å²) in [6.07, 6.45) is 2.20. The summed E-state index contributed by atoms with van der Waals surface area (Å²) in [6, 6.07) is -0.943. The van der Waals surface area contributed by atoms with Crippen molar-refractivity contribution in [1.29, 1.82) is 0 Å². The first-order valence-corrected chi connectivity index (χ1v) is 6.14. The lowest BCUT2D eigenvalue weighted by molar-refractivity contribution is -0.139. The first-order chi connectivity index (χ1) is 8.04. The number of H-pyrrole nitrogens is 1. The van der Waals surface area contributed by atoms with E-state index < -0.39 is 17.9 Å². The van der Waals surface area contributed by atoms with Gasteiger partial charge in [0.1, 0.15) is 6.04 Å². The maximum Gasteiger partial charge on any atom is 0.326 e. The molecule has 94 valence electrons. The Balaban J connectivity index is 2.60. The van der Waals surface area contributed by atoms with Gasteiger partial charge in [-0.15, -0.1) is 5.10 Å². The number of carbonyl (C=O) groups is 2. The number of carbonyl (C=O) groups excluding carboxylic acids is 1. The van der Waals surface area contributed by atoms with Gasteiger partial charge in [-0.05, 0) is 18.4 Å². The molecule has 0 bridgehead atoms. The average Bonchev–Trinajstić information content (AvgIpc) is 2.70. The van der Waals surface area contributed by atoms with E-state index in [-0.39, 0.29) is 11.8 Å². The fraction of sp³-hybridized carbons (Fsp3) is 0.500. The van der Waals surface area contributed by atoms with Crippen molar-refractivity contribution >= 4 is 29.6 Å². The number of nitrogens with zero attached hydrogens (tertiary/aromatic N) is 2. The molecule has 0 spiro atoms. The molecular formula is C8H13N5O3S. The van der Waals surface area contributed by atoms with E-state index in [1.54, 1.807) is 0 Å². The number of carboxylic acid groups (broad SMARTS) is 1. The van der Waals surface area contributed by atoms with Crippen LogP contribution in [0.4, 0.5) is 5.95 Å². The van der Waals surface area contributed by atoms with Gasteiger partial charge in [0.05, 0.1) is 0 Å². The maximum absolute atomic E-state index is 11.6. The van der Waals surface area contributed by atoms with Crippen LogP contribution in [0.2, 0.25) is 0 Å². The number of rotatable bonds is 6. The molecule has 8 nitrogen and oxygen atoms in total. The van der Waals surface area contributed by atoms with Crippen molar-refractivity contribution in [2.24, 2.45) is 0 Å². The number of anilines is 1. The highest BCUT2D eigenvalue weighted by molar-refractivity contribution is 7.98. The highest BCUT2D eigenvalue weighted by Crippen LogP contribution is 2.02. The van der Waals surface area contributed by atoms with E-state index in [9.17, 15) is 9.59 Å². The first-order valence-electron chi connectivity index (χ1n) is 4.75. The number of thioether (sulfide) groups is 1. The molecule has 5 N–H and O–H groups in total. The van der Waals surface area contributed by atoms with Crippen LogP contribution in [0, 0.1) is 0 Å². The topological polar surface area (TPSA) is 134 Å². The number of carboxylic acids is 1. The molecule has 1 heterocycles. The van der Waals surface area contributed by atoms with Gasteiger partial charge in [0.2, 0.25) is 11.8 Å². The first kappa shape index (κ1) is 13.3. The predicted octanol–water partition coefficient (Wildman–Crippen LogP) is -0.677. The van der Waals surface area contributed by atoms with Crippen LogP contribution in [0.1, 0.15) is 17.0 Å². The molecule has 1 aromatic heterocycles. The molecule has 1 rings (SSSR count). The Morgan fingerprint density at radius 1 is 1.65 bits per heavy atom. The minimum absolute atomic E-state index is 0.0638. The smallest absolute Gasteiger partial charge is 0.326 e. The van der Waals surface area contributed by atoms with Crippen LogP contribution in [0.3, 0.4) is 0 Å². The summed E-state index contributed by atoms with van der Waals surface area (Å²) >= 11 is 1.50. The van der Waals surface area contributed by atoms with Gasteiger partial charge in [-0.1, -0.05) is 0 Å². The van der Waals surface area contributed by atoms with Crippen LogP contribution < -0.4 is 11.1 Å². The van der Waals surface area contributed by atoms with Crippen LogP contribution in [0.5, 0.6) is 0 Å². The van der Waals surface area contributed by atoms with Crippen LogP contribution in [0.25, 0.3) is 0 Å². The van der Waals surface area contributed by atoms with E-state index in [0.717, 1.165) is 0 Å². The van der Waals surface area contributed by atoms with E-state index in [0.29, 0.717) is 12.2 Å². The number of hydrogen-bond donors (Lipinski definition) is 4. The summed E-state index contributed by atoms with van der Waals surface area (Å²) in [5.41, 5.74) is 5.23. The zero-order chi connectivity index (χ0) is 12.8. The summed E-state index contributed by atoms with van der Waals surface area (Å²) in [7, 11) is 0. The number of nitrogen functional groups attached to an aromatic ring is 1. The summed E-state index contributed by atoms with van der Waals surface area (Å²) in [6.45, 7) is 0. The number of nitrogens with two attached hydrogens (primary N) is 1. The lowest BCUT2D eigenvalue weighted by Crippen LogP contribution is -2.41. The van der Waals surface area contributed by atoms with Gasteiger partial charge in [0.15, 0.2) is 0 Å². The standard InChI is InChI=1S/C8H13N5O3S/c1-17-3-2-4(7(15)16)10-6(14)5-11-8(9)13-12-5/h4H,2-3H2,1H3,(H,10,14)(H,15,16)(H3,9,11,12,13)/t4-/m0/s1. The zero-order valence-corrected chi connectivity index (χ0v) is 9.95. The fourth-order valence-corrected chi connectivity index (χ4v) is 1.57. The third kappa shape index (κ3) is 3.94. The third-order valence-corrected chi connectivity index (χ3v) is 2.58. The monoisotopic (exact) mass is 259 g/mol. The van der Waals surface area contributed by atoms with E-state index in [2.05, 4.69) is 20.5 Å². The summed E-state index contributed by atoms with van der Waals surface area (Å²) in [5.74, 6) is -1.25. The molecule has 0 saturated carbocycles. The van der Waals surface area contributed by atoms with Gasteiger partial charge in [0, 0.05) is 0 Å². The van der Waals surface area contributed by atoms with Gasteiger partial charge in [-0.3, -0.25) is 9.89 Å². The lowest BCUT2D eigenvalue weighted by Gasteiger charge is -2.12. The molecule has 1 aromatic rings. The number of aliphatic carboxylic acids is 1. The predicted molar refractivity (Wildman–Crippen MR) is 62.7 cm³/mol. The highest BCUT2D eigenvalue weighted by Gasteiger charge is 2.21. The molecule has 0 aliphatic rings. The van der Waals surface area contributed by atoms with Gasteiger partial charge in [0.25, 0.3) is 5.91 Å². The van der Waals surface area contributed by atoms with E-state index >= 15 is 0 Å². The van der Waals surface area contributed by atoms with Crippen LogP contribution in [-0.4, -0.2) is 50.2 Å². The van der Waals surface area contributed by atoms with Crippen molar-refractivity contribution in [3.63, 3.8) is 0 Å². The molecule has 0 aliphatic heterocycles. The largest absolute Gasteiger partial charge is 0.480 e. The fourth-order valence-electron chi connectivity index (χ4n) is 1.10. The van der Waals surface area contributed by atoms with Gasteiger partial charge in [-0.2, -0.15) is 16.7 Å². The van der Waals surface area contributed by atoms with Crippen LogP contribution in [-0.2, 0) is 4.79 Å². The Bertz CT molecular complexity index is 408. The second-order valence-corrected chi connectivity index (χ2v) is 4.17. The molecular weight excluding hydrogens is 246 g/mol. The summed E-state index contributed by atoms with van der Waals surface area (Å²) in [4.78, 5) is 26.1. The summed E-state index contributed by atoms with van der Waals surface area (Å²) < 4.78 is 0. The van der Waals surface area contributed by atoms with Crippen molar-refractivity contribution in [2.45, 2.75) is 12.5 Å². The van der Waals surface area contributed by atoms with Gasteiger partial charge >= 0.3 is 5.97 Å². The van der Waals surface area contributed by atoms with E-state index in [1.807, 2.05) is 6.26 Å². The SMILES string of the molecule is CSCC[C@H](NC(=O)c1nc(N)n[nH]1)C(=O)O. The number of aromatic amines is 1. The maximum atomic E-state index is 11.6. The van der Waals surface area contributed by atoms with Crippen molar-refractivity contribution in [1.82, 2.24) is 20.5 Å². The minimum atomic E-state index is -1.08. The molecule has 0 aromatic carbocycles. The Morgan fingerprint density at radius 3 is 2.82 bits per heavy atom. The highest BCUT2D eigenvalue weighted by atomic mass is 32.2. The number of amides is 1. The molecule has 0 radical (unpaired) electrons. The van der Waals surface area contributed by atoms with Crippen molar-refractivity contribution in [2.75, 3.05) is 17.7 Å². The molecule has 17 heavy (non-hydrogen) atoms. The molecule has 1 amide bonds. The van der Waals surface area contributed by atoms with Crippen LogP contribution >= 0.6 is 11.8 Å². The van der Waals surface area contributed by atoms with Gasteiger partial charge < -0.3 is 16.2 Å². The minimum Gasteiger partial charge on any atom is -0.480 e. The molecule has 0 unspecified atom stereocenters. The summed E-state index contributed by atoms with van der Waals surface area (Å²) in [5, 5.41) is 17.0. The number of aromatic nitrogens is 3. The quantitative estimate of drug-likeness (QED) is 0.531. The number of hydrogen-bond acceptors (Lipinski definition) is 6. The van der Waals surface area contributed by atoms with Crippen molar-refractivity contribution in [3.05, 3.63) is 5.82 Å².